The van der Waals surface area contributed by atoms with Gasteiger partial charge >= 0.3 is 0 Å². The van der Waals surface area contributed by atoms with Gasteiger partial charge in [0.15, 0.2) is 0 Å². The molecule has 0 aromatic heterocycles. The quantitative estimate of drug-likeness (QED) is 0.562. The summed E-state index contributed by atoms with van der Waals surface area (Å²) >= 11 is 5.28. The van der Waals surface area contributed by atoms with Gasteiger partial charge in [0.1, 0.15) is 6.10 Å². The number of hydrogen-bond donors (Lipinski definition) is 4. The Morgan fingerprint density at radius 1 is 1.14 bits per heavy atom. The Hall–Kier alpha value is -0.810. The minimum atomic E-state index is -0.954. The molecule has 80 valence electrons. The van der Waals surface area contributed by atoms with Crippen LogP contribution in [0.3, 0.4) is 0 Å². The van der Waals surface area contributed by atoms with Crippen molar-refractivity contribution >= 4 is 17.5 Å². The molecule has 0 aliphatic heterocycles. The molecule has 0 saturated heterocycles. The standard InChI is InChI=1S/C6H6ClN.C3H8O3/c7-8-6-4-2-1-3-5-6;4-1-3(6)2-5/h1-5,8H;3-6H,1-2H2. The van der Waals surface area contributed by atoms with Crippen LogP contribution in [0.5, 0.6) is 0 Å². The summed E-state index contributed by atoms with van der Waals surface area (Å²) in [5.41, 5.74) is 0.925. The molecule has 4 nitrogen and oxygen atoms in total. The molecule has 0 aliphatic rings. The zero-order chi connectivity index (χ0) is 10.8. The van der Waals surface area contributed by atoms with Gasteiger partial charge in [-0.3, -0.25) is 4.84 Å². The van der Waals surface area contributed by atoms with Crippen LogP contribution in [-0.4, -0.2) is 34.6 Å². The molecule has 0 unspecified atom stereocenters. The van der Waals surface area contributed by atoms with E-state index in [1.807, 2.05) is 30.3 Å². The third-order valence-corrected chi connectivity index (χ3v) is 1.52. The second kappa shape index (κ2) is 8.77. The fraction of sp³-hybridized carbons (Fsp3) is 0.333. The Morgan fingerprint density at radius 2 is 1.64 bits per heavy atom. The van der Waals surface area contributed by atoms with E-state index in [1.54, 1.807) is 0 Å². The highest BCUT2D eigenvalue weighted by atomic mass is 35.5. The van der Waals surface area contributed by atoms with E-state index >= 15 is 0 Å². The van der Waals surface area contributed by atoms with Gasteiger partial charge in [0, 0.05) is 17.5 Å². The van der Waals surface area contributed by atoms with Gasteiger partial charge in [0.05, 0.1) is 13.2 Å². The van der Waals surface area contributed by atoms with E-state index < -0.39 is 6.10 Å². The maximum Gasteiger partial charge on any atom is 0.100 e. The molecule has 1 rings (SSSR count). The van der Waals surface area contributed by atoms with E-state index in [0.717, 1.165) is 5.69 Å². The van der Waals surface area contributed by atoms with Gasteiger partial charge in [-0.1, -0.05) is 18.2 Å². The lowest BCUT2D eigenvalue weighted by molar-refractivity contribution is 0.0450. The van der Waals surface area contributed by atoms with E-state index in [2.05, 4.69) is 4.84 Å². The minimum absolute atomic E-state index is 0.365. The third kappa shape index (κ3) is 6.68. The molecule has 1 aromatic rings. The number of anilines is 1. The number of nitrogens with one attached hydrogen (secondary N) is 1. The lowest BCUT2D eigenvalue weighted by Crippen LogP contribution is -2.15. The molecule has 1 aromatic carbocycles. The molecule has 0 aliphatic carbocycles. The molecule has 0 amide bonds. The van der Waals surface area contributed by atoms with E-state index in [9.17, 15) is 0 Å². The monoisotopic (exact) mass is 219 g/mol. The number of aliphatic hydroxyl groups is 3. The number of hydrogen-bond acceptors (Lipinski definition) is 4. The van der Waals surface area contributed by atoms with Crippen LogP contribution in [0, 0.1) is 0 Å². The Labute approximate surface area is 87.9 Å². The average molecular weight is 220 g/mol. The van der Waals surface area contributed by atoms with Gasteiger partial charge in [-0.2, -0.15) is 0 Å². The van der Waals surface area contributed by atoms with Crippen LogP contribution in [0.15, 0.2) is 30.3 Å². The summed E-state index contributed by atoms with van der Waals surface area (Å²) in [4.78, 5) is 2.50. The van der Waals surface area contributed by atoms with Crippen molar-refractivity contribution in [3.05, 3.63) is 30.3 Å². The summed E-state index contributed by atoms with van der Waals surface area (Å²) in [6.07, 6.45) is -0.954. The van der Waals surface area contributed by atoms with Crippen LogP contribution in [0.2, 0.25) is 0 Å². The number of para-hydroxylation sites is 1. The SMILES string of the molecule is ClNc1ccccc1.OCC(O)CO. The molecule has 14 heavy (non-hydrogen) atoms. The summed E-state index contributed by atoms with van der Waals surface area (Å²) in [5, 5.41) is 24.0. The first-order valence-corrected chi connectivity index (χ1v) is 4.43. The molecule has 0 spiro atoms. The Kier molecular flexibility index (Phi) is 8.27. The summed E-state index contributed by atoms with van der Waals surface area (Å²) in [5.74, 6) is 0. The van der Waals surface area contributed by atoms with E-state index in [-0.39, 0.29) is 13.2 Å². The first-order valence-electron chi connectivity index (χ1n) is 4.06. The predicted molar refractivity (Wildman–Crippen MR) is 56.1 cm³/mol. The minimum Gasteiger partial charge on any atom is -0.394 e. The highest BCUT2D eigenvalue weighted by molar-refractivity contribution is 6.23. The fourth-order valence-electron chi connectivity index (χ4n) is 0.559. The number of aliphatic hydroxyl groups excluding tert-OH is 3. The van der Waals surface area contributed by atoms with Crippen LogP contribution in [-0.2, 0) is 0 Å². The van der Waals surface area contributed by atoms with Crippen molar-refractivity contribution in [2.24, 2.45) is 0 Å². The first kappa shape index (κ1) is 13.2. The van der Waals surface area contributed by atoms with Crippen molar-refractivity contribution in [3.63, 3.8) is 0 Å². The Bertz CT molecular complexity index is 217. The normalized spacial score (nSPS) is 9.21. The first-order chi connectivity index (χ1) is 6.74. The lowest BCUT2D eigenvalue weighted by Gasteiger charge is -1.96. The fourth-order valence-corrected chi connectivity index (χ4v) is 0.685. The van der Waals surface area contributed by atoms with Gasteiger partial charge < -0.3 is 15.3 Å². The van der Waals surface area contributed by atoms with Crippen LogP contribution in [0.25, 0.3) is 0 Å². The van der Waals surface area contributed by atoms with Crippen molar-refractivity contribution in [1.82, 2.24) is 0 Å². The smallest absolute Gasteiger partial charge is 0.100 e. The van der Waals surface area contributed by atoms with Crippen LogP contribution >= 0.6 is 11.8 Å². The molecule has 0 heterocycles. The molecule has 0 radical (unpaired) electrons. The highest BCUT2D eigenvalue weighted by Gasteiger charge is 1.93. The topological polar surface area (TPSA) is 72.7 Å². The largest absolute Gasteiger partial charge is 0.394 e. The highest BCUT2D eigenvalue weighted by Crippen LogP contribution is 2.04. The van der Waals surface area contributed by atoms with E-state index in [4.69, 9.17) is 27.1 Å². The molecule has 0 atom stereocenters. The third-order valence-electron chi connectivity index (χ3n) is 1.30. The van der Waals surface area contributed by atoms with Crippen molar-refractivity contribution in [1.29, 1.82) is 0 Å². The molecule has 0 bridgehead atoms. The van der Waals surface area contributed by atoms with Gasteiger partial charge in [0.2, 0.25) is 0 Å². The van der Waals surface area contributed by atoms with Crippen LogP contribution < -0.4 is 4.84 Å². The van der Waals surface area contributed by atoms with Crippen molar-refractivity contribution in [2.45, 2.75) is 6.10 Å². The van der Waals surface area contributed by atoms with Gasteiger partial charge in [-0.25, -0.2) is 0 Å². The Morgan fingerprint density at radius 3 is 1.86 bits per heavy atom. The molecule has 0 saturated carbocycles. The molecular formula is C9H14ClNO3. The van der Waals surface area contributed by atoms with Gasteiger partial charge in [-0.05, 0) is 12.1 Å². The number of halogens is 1. The van der Waals surface area contributed by atoms with Gasteiger partial charge in [0.25, 0.3) is 0 Å². The molecule has 5 heteroatoms. The summed E-state index contributed by atoms with van der Waals surface area (Å²) < 4.78 is 0. The van der Waals surface area contributed by atoms with Crippen molar-refractivity contribution < 1.29 is 15.3 Å². The van der Waals surface area contributed by atoms with Crippen molar-refractivity contribution in [2.75, 3.05) is 18.0 Å². The maximum atomic E-state index is 8.17. The molecule has 4 N–H and O–H groups in total. The van der Waals surface area contributed by atoms with Crippen LogP contribution in [0.4, 0.5) is 5.69 Å². The predicted octanol–water partition coefficient (Wildman–Crippen LogP) is 0.584. The summed E-state index contributed by atoms with van der Waals surface area (Å²) in [7, 11) is 0. The van der Waals surface area contributed by atoms with E-state index in [0.29, 0.717) is 0 Å². The Balaban J connectivity index is 0.000000255. The lowest BCUT2D eigenvalue weighted by atomic mass is 10.3. The van der Waals surface area contributed by atoms with Crippen LogP contribution in [0.1, 0.15) is 0 Å². The summed E-state index contributed by atoms with van der Waals surface area (Å²) in [6.45, 7) is -0.729. The number of benzene rings is 1. The molecular weight excluding hydrogens is 206 g/mol. The zero-order valence-corrected chi connectivity index (χ0v) is 8.35. The zero-order valence-electron chi connectivity index (χ0n) is 7.60. The number of rotatable bonds is 3. The summed E-state index contributed by atoms with van der Waals surface area (Å²) in [6, 6.07) is 9.58. The van der Waals surface area contributed by atoms with Crippen molar-refractivity contribution in [3.8, 4) is 0 Å². The second-order valence-corrected chi connectivity index (χ2v) is 2.67. The van der Waals surface area contributed by atoms with Gasteiger partial charge in [-0.15, -0.1) is 0 Å². The average Bonchev–Trinajstić information content (AvgIpc) is 2.30. The second-order valence-electron chi connectivity index (χ2n) is 2.48. The van der Waals surface area contributed by atoms with E-state index in [1.165, 1.54) is 0 Å². The molecule has 0 fully saturated rings. The maximum absolute atomic E-state index is 8.17.